The van der Waals surface area contributed by atoms with Gasteiger partial charge in [0.1, 0.15) is 11.2 Å². The maximum absolute atomic E-state index is 13.2. The number of aromatic nitrogens is 3. The molecule has 15 heteroatoms. The van der Waals surface area contributed by atoms with E-state index in [1.807, 2.05) is 0 Å². The maximum atomic E-state index is 13.2. The van der Waals surface area contributed by atoms with Crippen LogP contribution in [0.3, 0.4) is 0 Å². The molecule has 0 radical (unpaired) electrons. The number of sulfone groups is 1. The third kappa shape index (κ3) is 4.10. The summed E-state index contributed by atoms with van der Waals surface area (Å²) in [4.78, 5) is 7.37. The van der Waals surface area contributed by atoms with Crippen molar-refractivity contribution in [3.05, 3.63) is 42.1 Å². The Balaban J connectivity index is 1.95. The van der Waals surface area contributed by atoms with Crippen LogP contribution in [0.15, 0.2) is 50.9 Å². The first kappa shape index (κ1) is 23.2. The topological polar surface area (TPSA) is 94.5 Å². The average Bonchev–Trinajstić information content (AvgIpc) is 3.32. The molecule has 3 heterocycles. The SMILES string of the molecule is CCS(=O)(=O)c1c(-c2nc3cc(S(=O)C(F)(F)F)ccc3o2)nc2ccc(C(F)(F)F)cn12. The second-order valence-electron chi connectivity index (χ2n) is 6.68. The molecular formula is C18H11F6N3O4S2. The van der Waals surface area contributed by atoms with Crippen LogP contribution in [0, 0.1) is 0 Å². The summed E-state index contributed by atoms with van der Waals surface area (Å²) >= 11 is 0. The third-order valence-electron chi connectivity index (χ3n) is 4.56. The number of alkyl halides is 6. The Labute approximate surface area is 183 Å². The molecule has 4 rings (SSSR count). The van der Waals surface area contributed by atoms with E-state index in [2.05, 4.69) is 9.97 Å². The highest BCUT2D eigenvalue weighted by Gasteiger charge is 2.38. The lowest BCUT2D eigenvalue weighted by Crippen LogP contribution is -2.16. The van der Waals surface area contributed by atoms with Crippen LogP contribution in [0.5, 0.6) is 0 Å². The van der Waals surface area contributed by atoms with Crippen molar-refractivity contribution in [3.8, 4) is 11.6 Å². The Morgan fingerprint density at radius 3 is 2.36 bits per heavy atom. The Morgan fingerprint density at radius 2 is 1.76 bits per heavy atom. The van der Waals surface area contributed by atoms with Gasteiger partial charge in [-0.05, 0) is 30.3 Å². The van der Waals surface area contributed by atoms with Crippen LogP contribution in [0.1, 0.15) is 12.5 Å². The first-order valence-electron chi connectivity index (χ1n) is 8.94. The lowest BCUT2D eigenvalue weighted by Gasteiger charge is -2.08. The van der Waals surface area contributed by atoms with Gasteiger partial charge in [-0.1, -0.05) is 6.92 Å². The predicted octanol–water partition coefficient (Wildman–Crippen LogP) is 4.58. The summed E-state index contributed by atoms with van der Waals surface area (Å²) in [5, 5.41) is -0.614. The van der Waals surface area contributed by atoms with Crippen molar-refractivity contribution in [1.82, 2.24) is 14.4 Å². The zero-order valence-corrected chi connectivity index (χ0v) is 17.9. The number of nitrogens with zero attached hydrogens (tertiary/aromatic N) is 3. The van der Waals surface area contributed by atoms with Crippen molar-refractivity contribution in [1.29, 1.82) is 0 Å². The molecule has 33 heavy (non-hydrogen) atoms. The molecule has 1 atom stereocenters. The van der Waals surface area contributed by atoms with E-state index in [4.69, 9.17) is 4.42 Å². The number of oxazole rings is 1. The van der Waals surface area contributed by atoms with Crippen LogP contribution in [0.2, 0.25) is 0 Å². The van der Waals surface area contributed by atoms with Gasteiger partial charge in [-0.25, -0.2) is 22.6 Å². The van der Waals surface area contributed by atoms with E-state index in [-0.39, 0.29) is 16.7 Å². The molecule has 0 bridgehead atoms. The minimum atomic E-state index is -5.01. The van der Waals surface area contributed by atoms with Crippen molar-refractivity contribution >= 4 is 37.4 Å². The second-order valence-corrected chi connectivity index (χ2v) is 10.3. The average molecular weight is 511 g/mol. The Bertz CT molecular complexity index is 1520. The molecule has 7 nitrogen and oxygen atoms in total. The predicted molar refractivity (Wildman–Crippen MR) is 103 cm³/mol. The van der Waals surface area contributed by atoms with Gasteiger partial charge in [0, 0.05) is 6.20 Å². The Kier molecular flexibility index (Phi) is 5.31. The smallest absolute Gasteiger partial charge is 0.435 e. The highest BCUT2D eigenvalue weighted by Crippen LogP contribution is 2.35. The fraction of sp³-hybridized carbons (Fsp3) is 0.222. The minimum absolute atomic E-state index is 0.0687. The van der Waals surface area contributed by atoms with Crippen molar-refractivity contribution in [2.75, 3.05) is 5.75 Å². The molecule has 0 saturated heterocycles. The number of imidazole rings is 1. The van der Waals surface area contributed by atoms with Crippen LogP contribution in [0.4, 0.5) is 26.3 Å². The fourth-order valence-electron chi connectivity index (χ4n) is 3.02. The number of hydrogen-bond donors (Lipinski definition) is 0. The van der Waals surface area contributed by atoms with Crippen LogP contribution in [-0.4, -0.2) is 38.3 Å². The summed E-state index contributed by atoms with van der Waals surface area (Å²) < 4.78 is 121. The number of hydrogen-bond acceptors (Lipinski definition) is 6. The van der Waals surface area contributed by atoms with E-state index in [0.29, 0.717) is 6.20 Å². The lowest BCUT2D eigenvalue weighted by atomic mass is 10.3. The molecular weight excluding hydrogens is 500 g/mol. The third-order valence-corrected chi connectivity index (χ3v) is 7.40. The molecule has 0 aliphatic carbocycles. The van der Waals surface area contributed by atoms with Crippen LogP contribution < -0.4 is 0 Å². The van der Waals surface area contributed by atoms with E-state index >= 15 is 0 Å². The number of pyridine rings is 1. The molecule has 176 valence electrons. The van der Waals surface area contributed by atoms with Gasteiger partial charge in [-0.2, -0.15) is 26.3 Å². The largest absolute Gasteiger partial charge is 0.475 e. The zero-order valence-electron chi connectivity index (χ0n) is 16.2. The highest BCUT2D eigenvalue weighted by atomic mass is 32.2. The van der Waals surface area contributed by atoms with Gasteiger partial charge in [0.2, 0.25) is 5.89 Å². The fourth-order valence-corrected chi connectivity index (χ4v) is 4.85. The van der Waals surface area contributed by atoms with Crippen LogP contribution >= 0.6 is 0 Å². The molecule has 0 aliphatic heterocycles. The van der Waals surface area contributed by atoms with E-state index in [1.54, 1.807) is 0 Å². The van der Waals surface area contributed by atoms with Crippen LogP contribution in [-0.2, 0) is 26.8 Å². The van der Waals surface area contributed by atoms with Crippen molar-refractivity contribution in [2.45, 2.75) is 28.5 Å². The number of fused-ring (bicyclic) bond motifs is 2. The molecule has 3 aromatic heterocycles. The summed E-state index contributed by atoms with van der Waals surface area (Å²) in [6.07, 6.45) is -4.18. The van der Waals surface area contributed by atoms with Gasteiger partial charge in [-0.15, -0.1) is 0 Å². The molecule has 0 saturated carbocycles. The summed E-state index contributed by atoms with van der Waals surface area (Å²) in [5.41, 5.74) is -6.94. The molecule has 4 aromatic rings. The van der Waals surface area contributed by atoms with Gasteiger partial charge in [0.05, 0.1) is 16.2 Å². The number of benzene rings is 1. The number of rotatable bonds is 4. The van der Waals surface area contributed by atoms with E-state index in [0.717, 1.165) is 34.7 Å². The molecule has 0 amide bonds. The van der Waals surface area contributed by atoms with E-state index < -0.39 is 65.1 Å². The normalized spacial score (nSPS) is 14.3. The Morgan fingerprint density at radius 1 is 1.06 bits per heavy atom. The Hall–Kier alpha value is -2.94. The maximum Gasteiger partial charge on any atom is 0.475 e. The molecule has 0 aliphatic rings. The van der Waals surface area contributed by atoms with Gasteiger partial charge in [0.25, 0.3) is 0 Å². The van der Waals surface area contributed by atoms with Crippen molar-refractivity contribution < 1.29 is 43.4 Å². The number of halogens is 6. The molecule has 0 fully saturated rings. The summed E-state index contributed by atoms with van der Waals surface area (Å²) in [6.45, 7) is 1.27. The monoisotopic (exact) mass is 511 g/mol. The minimum Gasteiger partial charge on any atom is -0.435 e. The standard InChI is InChI=1S/C18H11F6N3O4S2/c1-2-33(29,30)16-14(26-13-6-3-9(8-27(13)16)17(19,20)21)15-25-11-7-10(4-5-12(11)31-15)32(28)18(22,23)24/h3-8H,2H2,1H3. The quantitative estimate of drug-likeness (QED) is 0.373. The molecule has 1 unspecified atom stereocenters. The second kappa shape index (κ2) is 7.55. The van der Waals surface area contributed by atoms with E-state index in [9.17, 15) is 39.0 Å². The summed E-state index contributed by atoms with van der Waals surface area (Å²) in [7, 11) is -7.50. The van der Waals surface area contributed by atoms with Crippen molar-refractivity contribution in [2.24, 2.45) is 0 Å². The van der Waals surface area contributed by atoms with Gasteiger partial charge >= 0.3 is 11.7 Å². The molecule has 0 spiro atoms. The van der Waals surface area contributed by atoms with Gasteiger partial charge < -0.3 is 4.42 Å². The van der Waals surface area contributed by atoms with Crippen LogP contribution in [0.25, 0.3) is 28.3 Å². The first-order chi connectivity index (χ1) is 15.2. The zero-order chi connectivity index (χ0) is 24.3. The van der Waals surface area contributed by atoms with Gasteiger partial charge in [-0.3, -0.25) is 4.40 Å². The summed E-state index contributed by atoms with van der Waals surface area (Å²) in [5.74, 6) is -0.928. The lowest BCUT2D eigenvalue weighted by molar-refractivity contribution is -0.137. The molecule has 0 N–H and O–H groups in total. The van der Waals surface area contributed by atoms with E-state index in [1.165, 1.54) is 6.92 Å². The first-order valence-corrected chi connectivity index (χ1v) is 11.7. The highest BCUT2D eigenvalue weighted by molar-refractivity contribution is 7.91. The summed E-state index contributed by atoms with van der Waals surface area (Å²) in [6, 6.07) is 4.52. The van der Waals surface area contributed by atoms with Crippen molar-refractivity contribution in [3.63, 3.8) is 0 Å². The molecule has 1 aromatic carbocycles. The van der Waals surface area contributed by atoms with Gasteiger partial charge in [0.15, 0.2) is 36.9 Å².